The van der Waals surface area contributed by atoms with Crippen LogP contribution in [0.2, 0.25) is 0 Å². The minimum atomic E-state index is -4.66. The Labute approximate surface area is 233 Å². The number of esters is 1. The lowest BCUT2D eigenvalue weighted by molar-refractivity contribution is -0.145. The molecule has 2 aliphatic rings. The Hall–Kier alpha value is -3.78. The van der Waals surface area contributed by atoms with Crippen LogP contribution in [0.5, 0.6) is 11.5 Å². The molecule has 14 heteroatoms. The maximum atomic E-state index is 13.8. The van der Waals surface area contributed by atoms with E-state index in [2.05, 4.69) is 4.98 Å². The van der Waals surface area contributed by atoms with Crippen LogP contribution in [0.1, 0.15) is 28.8 Å². The molecule has 1 N–H and O–H groups in total. The van der Waals surface area contributed by atoms with Crippen molar-refractivity contribution in [3.05, 3.63) is 68.1 Å². The molecule has 0 radical (unpaired) electrons. The van der Waals surface area contributed by atoms with Gasteiger partial charge >= 0.3 is 17.0 Å². The number of hydrogen-bond donors (Lipinski definition) is 1. The number of thioether (sulfide) groups is 1. The van der Waals surface area contributed by atoms with E-state index in [0.717, 1.165) is 46.2 Å². The summed E-state index contributed by atoms with van der Waals surface area (Å²) >= 11 is 1.90. The summed E-state index contributed by atoms with van der Waals surface area (Å²) in [6, 6.07) is 8.78. The number of amides is 2. The number of benzene rings is 2. The van der Waals surface area contributed by atoms with Crippen LogP contribution in [0, 0.1) is 5.92 Å². The number of methoxy groups -OCH3 is 1. The first-order chi connectivity index (χ1) is 19.0. The van der Waals surface area contributed by atoms with E-state index in [-0.39, 0.29) is 35.3 Å². The predicted octanol–water partition coefficient (Wildman–Crippen LogP) is 4.20. The standard InChI is InChI=1S/C26H21F3N2O7S2/c1-3-37-17(32)11-38-15-8-7-12(9-16(15)36-2)18-19-21(39-22-20(18)40-25(35)30-22)24(34)31(23(19)33)14-6-4-5-13(10-14)26(27,28)29/h4-10,18-19,21H,3,11H2,1-2H3,(H,30,35)/t18-,19?,21?/m1/s1. The fourth-order valence-corrected chi connectivity index (χ4v) is 7.30. The number of nitrogens with zero attached hydrogens (tertiary/aromatic N) is 1. The third-order valence-corrected chi connectivity index (χ3v) is 8.85. The van der Waals surface area contributed by atoms with Crippen molar-refractivity contribution in [1.82, 2.24) is 4.98 Å². The van der Waals surface area contributed by atoms with Crippen LogP contribution in [-0.2, 0) is 25.3 Å². The van der Waals surface area contributed by atoms with E-state index in [1.807, 2.05) is 0 Å². The lowest BCUT2D eigenvalue weighted by Gasteiger charge is -2.30. The van der Waals surface area contributed by atoms with Gasteiger partial charge in [0, 0.05) is 10.8 Å². The van der Waals surface area contributed by atoms with Crippen LogP contribution in [0.3, 0.4) is 0 Å². The number of H-pyrrole nitrogens is 1. The third-order valence-electron chi connectivity index (χ3n) is 6.45. The largest absolute Gasteiger partial charge is 0.493 e. The number of alkyl halides is 3. The quantitative estimate of drug-likeness (QED) is 0.320. The first kappa shape index (κ1) is 27.8. The van der Waals surface area contributed by atoms with Gasteiger partial charge in [-0.25, -0.2) is 9.69 Å². The highest BCUT2D eigenvalue weighted by Crippen LogP contribution is 2.54. The molecule has 2 amide bonds. The number of carbonyl (C=O) groups is 3. The molecule has 0 saturated carbocycles. The molecular formula is C26H21F3N2O7S2. The van der Waals surface area contributed by atoms with Crippen LogP contribution < -0.4 is 19.2 Å². The molecule has 1 fully saturated rings. The summed E-state index contributed by atoms with van der Waals surface area (Å²) in [6.07, 6.45) is -4.66. The van der Waals surface area contributed by atoms with Gasteiger partial charge < -0.3 is 19.2 Å². The summed E-state index contributed by atoms with van der Waals surface area (Å²) in [5, 5.41) is -0.578. The van der Waals surface area contributed by atoms with Crippen molar-refractivity contribution >= 4 is 46.6 Å². The number of fused-ring (bicyclic) bond motifs is 2. The minimum absolute atomic E-state index is 0.185. The minimum Gasteiger partial charge on any atom is -0.493 e. The Kier molecular flexibility index (Phi) is 7.40. The van der Waals surface area contributed by atoms with E-state index in [4.69, 9.17) is 14.2 Å². The summed E-state index contributed by atoms with van der Waals surface area (Å²) in [6.45, 7) is 1.49. The number of nitrogens with one attached hydrogen (secondary N) is 1. The smallest absolute Gasteiger partial charge is 0.416 e. The Bertz CT molecular complexity index is 1550. The molecule has 210 valence electrons. The highest BCUT2D eigenvalue weighted by Gasteiger charge is 2.56. The van der Waals surface area contributed by atoms with Gasteiger partial charge in [0.15, 0.2) is 18.1 Å². The van der Waals surface area contributed by atoms with E-state index in [9.17, 15) is 32.3 Å². The normalized spacial score (nSPS) is 20.2. The SMILES string of the molecule is CCOC(=O)COc1ccc([C@H]2c3sc(=O)[nH]c3SC3C(=O)N(c4cccc(C(F)(F)F)c4)C(=O)C32)cc1OC. The molecular weight excluding hydrogens is 573 g/mol. The number of anilines is 1. The molecule has 0 spiro atoms. The molecule has 2 unspecified atom stereocenters. The lowest BCUT2D eigenvalue weighted by atomic mass is 9.83. The lowest BCUT2D eigenvalue weighted by Crippen LogP contribution is -2.32. The van der Waals surface area contributed by atoms with Crippen molar-refractivity contribution in [3.8, 4) is 11.5 Å². The second kappa shape index (κ2) is 10.7. The van der Waals surface area contributed by atoms with Gasteiger partial charge in [-0.3, -0.25) is 14.4 Å². The van der Waals surface area contributed by atoms with Gasteiger partial charge in [-0.1, -0.05) is 35.2 Å². The Morgan fingerprint density at radius 1 is 1.07 bits per heavy atom. The molecule has 1 aromatic heterocycles. The molecule has 2 aromatic carbocycles. The molecule has 3 heterocycles. The topological polar surface area (TPSA) is 115 Å². The maximum Gasteiger partial charge on any atom is 0.416 e. The zero-order chi connectivity index (χ0) is 28.8. The van der Waals surface area contributed by atoms with E-state index >= 15 is 0 Å². The van der Waals surface area contributed by atoms with Crippen molar-refractivity contribution in [2.24, 2.45) is 5.92 Å². The maximum absolute atomic E-state index is 13.8. The van der Waals surface area contributed by atoms with Gasteiger partial charge in [0.1, 0.15) is 5.25 Å². The molecule has 5 rings (SSSR count). The molecule has 0 aliphatic carbocycles. The van der Waals surface area contributed by atoms with E-state index in [0.29, 0.717) is 15.5 Å². The summed E-state index contributed by atoms with van der Waals surface area (Å²) in [5.74, 6) is -3.28. The van der Waals surface area contributed by atoms with Crippen molar-refractivity contribution in [2.45, 2.75) is 29.3 Å². The van der Waals surface area contributed by atoms with Crippen LogP contribution in [0.4, 0.5) is 18.9 Å². The summed E-state index contributed by atoms with van der Waals surface area (Å²) in [7, 11) is 1.38. The second-order valence-electron chi connectivity index (χ2n) is 8.81. The Morgan fingerprint density at radius 2 is 1.85 bits per heavy atom. The molecule has 3 atom stereocenters. The van der Waals surface area contributed by atoms with Crippen LogP contribution >= 0.6 is 23.1 Å². The number of imide groups is 1. The van der Waals surface area contributed by atoms with E-state index in [1.54, 1.807) is 19.1 Å². The molecule has 9 nitrogen and oxygen atoms in total. The van der Waals surface area contributed by atoms with Crippen LogP contribution in [0.15, 0.2) is 52.3 Å². The Morgan fingerprint density at radius 3 is 2.55 bits per heavy atom. The monoisotopic (exact) mass is 594 g/mol. The molecule has 40 heavy (non-hydrogen) atoms. The number of ether oxygens (including phenoxy) is 3. The van der Waals surface area contributed by atoms with E-state index in [1.165, 1.54) is 19.2 Å². The van der Waals surface area contributed by atoms with Crippen LogP contribution in [-0.4, -0.2) is 48.3 Å². The van der Waals surface area contributed by atoms with Gasteiger partial charge in [-0.15, -0.1) is 0 Å². The summed E-state index contributed by atoms with van der Waals surface area (Å²) in [4.78, 5) is 54.9. The number of halogens is 3. The van der Waals surface area contributed by atoms with Gasteiger partial charge in [0.25, 0.3) is 0 Å². The highest BCUT2D eigenvalue weighted by molar-refractivity contribution is 8.00. The predicted molar refractivity (Wildman–Crippen MR) is 139 cm³/mol. The number of hydrogen-bond acceptors (Lipinski definition) is 9. The fourth-order valence-electron chi connectivity index (χ4n) is 4.79. The zero-order valence-corrected chi connectivity index (χ0v) is 22.6. The fraction of sp³-hybridized carbons (Fsp3) is 0.308. The Balaban J connectivity index is 1.55. The highest BCUT2D eigenvalue weighted by atomic mass is 32.2. The third kappa shape index (κ3) is 4.96. The molecule has 3 aromatic rings. The average Bonchev–Trinajstić information content (AvgIpc) is 3.41. The van der Waals surface area contributed by atoms with E-state index < -0.39 is 46.6 Å². The number of rotatable bonds is 7. The number of thiazole rings is 1. The zero-order valence-electron chi connectivity index (χ0n) is 20.9. The summed E-state index contributed by atoms with van der Waals surface area (Å²) in [5.41, 5.74) is -0.661. The van der Waals surface area contributed by atoms with Crippen molar-refractivity contribution < 1.29 is 41.8 Å². The first-order valence-electron chi connectivity index (χ1n) is 11.9. The number of aromatic nitrogens is 1. The van der Waals surface area contributed by atoms with Crippen molar-refractivity contribution in [1.29, 1.82) is 0 Å². The average molecular weight is 595 g/mol. The summed E-state index contributed by atoms with van der Waals surface area (Å²) < 4.78 is 55.9. The van der Waals surface area contributed by atoms with Crippen molar-refractivity contribution in [3.63, 3.8) is 0 Å². The molecule has 2 aliphatic heterocycles. The number of aromatic amines is 1. The van der Waals surface area contributed by atoms with Crippen LogP contribution in [0.25, 0.3) is 0 Å². The number of carbonyl (C=O) groups excluding carboxylic acids is 3. The van der Waals surface area contributed by atoms with Gasteiger partial charge in [-0.2, -0.15) is 13.2 Å². The molecule has 1 saturated heterocycles. The van der Waals surface area contributed by atoms with Gasteiger partial charge in [0.2, 0.25) is 11.8 Å². The van der Waals surface area contributed by atoms with Crippen molar-refractivity contribution in [2.75, 3.05) is 25.2 Å². The first-order valence-corrected chi connectivity index (χ1v) is 13.6. The molecule has 0 bridgehead atoms. The second-order valence-corrected chi connectivity index (χ2v) is 11.0. The van der Waals surface area contributed by atoms with Gasteiger partial charge in [-0.05, 0) is 42.8 Å². The van der Waals surface area contributed by atoms with Gasteiger partial charge in [0.05, 0.1) is 35.9 Å².